The van der Waals surface area contributed by atoms with Crippen LogP contribution in [0.3, 0.4) is 0 Å². The molecule has 3 heterocycles. The molecule has 2 aromatic rings. The van der Waals surface area contributed by atoms with Crippen molar-refractivity contribution in [3.8, 4) is 0 Å². The Morgan fingerprint density at radius 2 is 1.08 bits per heavy atom. The number of anilines is 2. The Balaban J connectivity index is 1.66. The zero-order valence-corrected chi connectivity index (χ0v) is 15.4. The molecule has 132 valence electrons. The number of para-hydroxylation sites is 2. The summed E-state index contributed by atoms with van der Waals surface area (Å²) in [6, 6.07) is 14.9. The zero-order chi connectivity index (χ0) is 18.1. The predicted molar refractivity (Wildman–Crippen MR) is 103 cm³/mol. The number of piperazine rings is 1. The molecule has 0 saturated carbocycles. The van der Waals surface area contributed by atoms with Gasteiger partial charge < -0.3 is 9.80 Å². The van der Waals surface area contributed by atoms with Gasteiger partial charge in [-0.15, -0.1) is 0 Å². The Labute approximate surface area is 161 Å². The fraction of sp³-hybridized carbons (Fsp3) is 0.300. The van der Waals surface area contributed by atoms with E-state index in [0.29, 0.717) is 24.2 Å². The van der Waals surface area contributed by atoms with Crippen molar-refractivity contribution in [3.63, 3.8) is 0 Å². The van der Waals surface area contributed by atoms with Gasteiger partial charge in [0.2, 0.25) is 0 Å². The number of hydrogen-bond donors (Lipinski definition) is 0. The number of fused-ring (bicyclic) bond motifs is 6. The van der Waals surface area contributed by atoms with Crippen LogP contribution >= 0.6 is 23.2 Å². The number of carbonyl (C=O) groups excluding carboxylic acids is 2. The van der Waals surface area contributed by atoms with E-state index in [0.717, 1.165) is 11.4 Å². The standard InChI is InChI=1S/C20H16Cl2N2O2/c21-19-9-17(25)13-5-1-3-7-15(13)23(19)11-20(22)10-18(26)14-6-2-4-8-16(14)24(20)12-19/h1-8H,9-12H2. The highest BCUT2D eigenvalue weighted by Crippen LogP contribution is 2.50. The van der Waals surface area contributed by atoms with Gasteiger partial charge in [-0.3, -0.25) is 9.59 Å². The minimum atomic E-state index is -0.878. The second-order valence-corrected chi connectivity index (χ2v) is 8.65. The van der Waals surface area contributed by atoms with E-state index < -0.39 is 10.00 Å². The van der Waals surface area contributed by atoms with Crippen LogP contribution in [-0.4, -0.2) is 34.7 Å². The lowest BCUT2D eigenvalue weighted by molar-refractivity contribution is 0.0922. The average molecular weight is 387 g/mol. The van der Waals surface area contributed by atoms with Crippen molar-refractivity contribution in [1.29, 1.82) is 0 Å². The van der Waals surface area contributed by atoms with Gasteiger partial charge in [0.15, 0.2) is 11.6 Å². The molecule has 0 bridgehead atoms. The first-order chi connectivity index (χ1) is 12.4. The van der Waals surface area contributed by atoms with Crippen molar-refractivity contribution in [2.75, 3.05) is 22.9 Å². The number of ketones is 2. The Bertz CT molecular complexity index is 885. The van der Waals surface area contributed by atoms with E-state index in [1.165, 1.54) is 0 Å². The van der Waals surface area contributed by atoms with Gasteiger partial charge in [-0.2, -0.15) is 0 Å². The molecule has 0 aromatic heterocycles. The van der Waals surface area contributed by atoms with Gasteiger partial charge in [-0.25, -0.2) is 0 Å². The van der Waals surface area contributed by atoms with Gasteiger partial charge in [0.05, 0.1) is 25.9 Å². The maximum atomic E-state index is 12.7. The maximum Gasteiger partial charge on any atom is 0.168 e. The molecule has 26 heavy (non-hydrogen) atoms. The number of nitrogens with zero attached hydrogens (tertiary/aromatic N) is 2. The van der Waals surface area contributed by atoms with E-state index in [-0.39, 0.29) is 24.4 Å². The van der Waals surface area contributed by atoms with Crippen LogP contribution in [0.5, 0.6) is 0 Å². The Morgan fingerprint density at radius 3 is 1.50 bits per heavy atom. The molecule has 6 heteroatoms. The van der Waals surface area contributed by atoms with Gasteiger partial charge in [0.25, 0.3) is 0 Å². The van der Waals surface area contributed by atoms with Gasteiger partial charge in [0, 0.05) is 22.5 Å². The van der Waals surface area contributed by atoms with Gasteiger partial charge in [-0.1, -0.05) is 47.5 Å². The quantitative estimate of drug-likeness (QED) is 0.505. The third kappa shape index (κ3) is 2.09. The van der Waals surface area contributed by atoms with E-state index in [1.807, 2.05) is 58.3 Å². The van der Waals surface area contributed by atoms with Crippen molar-refractivity contribution in [2.45, 2.75) is 22.8 Å². The molecule has 0 radical (unpaired) electrons. The molecule has 1 fully saturated rings. The minimum absolute atomic E-state index is 0.0373. The van der Waals surface area contributed by atoms with Gasteiger partial charge in [-0.05, 0) is 24.3 Å². The van der Waals surface area contributed by atoms with Crippen molar-refractivity contribution in [1.82, 2.24) is 0 Å². The van der Waals surface area contributed by atoms with Crippen LogP contribution in [0.25, 0.3) is 0 Å². The highest BCUT2D eigenvalue weighted by Gasteiger charge is 2.56. The smallest absolute Gasteiger partial charge is 0.168 e. The Kier molecular flexibility index (Phi) is 3.26. The first kappa shape index (κ1) is 16.2. The highest BCUT2D eigenvalue weighted by molar-refractivity contribution is 6.32. The summed E-state index contributed by atoms with van der Waals surface area (Å²) < 4.78 is 0. The van der Waals surface area contributed by atoms with E-state index >= 15 is 0 Å². The summed E-state index contributed by atoms with van der Waals surface area (Å²) in [4.78, 5) is 27.6. The van der Waals surface area contributed by atoms with Crippen molar-refractivity contribution < 1.29 is 9.59 Å². The number of halogens is 2. The van der Waals surface area contributed by atoms with Crippen LogP contribution < -0.4 is 9.80 Å². The molecule has 1 saturated heterocycles. The molecule has 4 nitrogen and oxygen atoms in total. The summed E-state index contributed by atoms with van der Waals surface area (Å²) in [5.41, 5.74) is 2.93. The number of rotatable bonds is 0. The molecular weight excluding hydrogens is 371 g/mol. The molecule has 0 spiro atoms. The van der Waals surface area contributed by atoms with Crippen molar-refractivity contribution in [3.05, 3.63) is 59.7 Å². The van der Waals surface area contributed by atoms with Crippen LogP contribution in [0.2, 0.25) is 0 Å². The molecule has 2 aromatic carbocycles. The van der Waals surface area contributed by atoms with E-state index in [2.05, 4.69) is 0 Å². The molecular formula is C20H16Cl2N2O2. The lowest BCUT2D eigenvalue weighted by Crippen LogP contribution is -2.71. The van der Waals surface area contributed by atoms with Crippen LogP contribution in [0.15, 0.2) is 48.5 Å². The zero-order valence-electron chi connectivity index (χ0n) is 13.9. The van der Waals surface area contributed by atoms with Crippen molar-refractivity contribution in [2.24, 2.45) is 0 Å². The van der Waals surface area contributed by atoms with Crippen molar-refractivity contribution >= 4 is 46.1 Å². The number of carbonyl (C=O) groups is 2. The molecule has 2 unspecified atom stereocenters. The largest absolute Gasteiger partial charge is 0.347 e. The molecule has 0 N–H and O–H groups in total. The molecule has 0 aliphatic carbocycles. The fourth-order valence-corrected chi connectivity index (χ4v) is 5.20. The van der Waals surface area contributed by atoms with Crippen LogP contribution in [0.1, 0.15) is 33.6 Å². The predicted octanol–water partition coefficient (Wildman–Crippen LogP) is 4.06. The van der Waals surface area contributed by atoms with Crippen LogP contribution in [0.4, 0.5) is 11.4 Å². The molecule has 3 aliphatic heterocycles. The topological polar surface area (TPSA) is 40.6 Å². The van der Waals surface area contributed by atoms with Gasteiger partial charge >= 0.3 is 0 Å². The third-order valence-electron chi connectivity index (χ3n) is 5.62. The number of Topliss-reactive ketones (excluding diaryl/α,β-unsaturated/α-hetero) is 2. The number of benzene rings is 2. The summed E-state index contributed by atoms with van der Waals surface area (Å²) in [7, 11) is 0. The summed E-state index contributed by atoms with van der Waals surface area (Å²) in [5, 5.41) is 0. The summed E-state index contributed by atoms with van der Waals surface area (Å²) in [5.74, 6) is 0.0746. The fourth-order valence-electron chi connectivity index (χ4n) is 4.42. The first-order valence-electron chi connectivity index (χ1n) is 8.59. The Hall–Kier alpha value is -2.04. The molecule has 3 aliphatic rings. The number of alkyl halides is 2. The third-order valence-corrected chi connectivity index (χ3v) is 6.54. The highest BCUT2D eigenvalue weighted by atomic mass is 35.5. The summed E-state index contributed by atoms with van der Waals surface area (Å²) in [6.07, 6.45) is 0.427. The maximum absolute atomic E-state index is 12.7. The SMILES string of the molecule is O=C1CC2(Cl)CN3c4ccccc4C(=O)CC3(Cl)CN2c2ccccc21. The normalized spacial score (nSPS) is 29.6. The van der Waals surface area contributed by atoms with E-state index in [9.17, 15) is 9.59 Å². The number of hydrogen-bond acceptors (Lipinski definition) is 4. The second-order valence-electron chi connectivity index (χ2n) is 7.24. The second kappa shape index (κ2) is 5.24. The Morgan fingerprint density at radius 1 is 0.692 bits per heavy atom. The van der Waals surface area contributed by atoms with E-state index in [4.69, 9.17) is 23.2 Å². The summed E-state index contributed by atoms with van der Waals surface area (Å²) in [6.45, 7) is 0.755. The van der Waals surface area contributed by atoms with E-state index in [1.54, 1.807) is 0 Å². The molecule has 5 rings (SSSR count). The van der Waals surface area contributed by atoms with Crippen LogP contribution in [0, 0.1) is 0 Å². The lowest BCUT2D eigenvalue weighted by atomic mass is 9.85. The molecule has 2 atom stereocenters. The van der Waals surface area contributed by atoms with Gasteiger partial charge in [0.1, 0.15) is 10.00 Å². The van der Waals surface area contributed by atoms with Crippen LogP contribution in [-0.2, 0) is 0 Å². The lowest BCUT2D eigenvalue weighted by Gasteiger charge is -2.59. The minimum Gasteiger partial charge on any atom is -0.347 e. The average Bonchev–Trinajstić information content (AvgIpc) is 2.62. The first-order valence-corrected chi connectivity index (χ1v) is 9.35. The monoisotopic (exact) mass is 386 g/mol. The molecule has 0 amide bonds. The summed E-state index contributed by atoms with van der Waals surface area (Å²) >= 11 is 14.0.